The van der Waals surface area contributed by atoms with E-state index in [2.05, 4.69) is 16.3 Å². The molecule has 2 aromatic heterocycles. The summed E-state index contributed by atoms with van der Waals surface area (Å²) in [5, 5.41) is 25.5. The standard InChI is InChI=1S/C11H12N4O/c12-8-9-4-5-15-10(3-1-2-6-16)13-14-11(15)7-9/h4-5,7,16H,1-3,6H2. The molecule has 5 heteroatoms. The predicted octanol–water partition coefficient (Wildman–Crippen LogP) is 0.916. The molecule has 2 heterocycles. The predicted molar refractivity (Wildman–Crippen MR) is 57.7 cm³/mol. The number of rotatable bonds is 4. The number of pyridine rings is 1. The molecule has 2 aromatic rings. The number of aliphatic hydroxyl groups is 1. The monoisotopic (exact) mass is 216 g/mol. The van der Waals surface area contributed by atoms with E-state index < -0.39 is 0 Å². The van der Waals surface area contributed by atoms with Crippen LogP contribution in [0.25, 0.3) is 5.65 Å². The zero-order valence-corrected chi connectivity index (χ0v) is 8.80. The average Bonchev–Trinajstić information content (AvgIpc) is 2.72. The molecular formula is C11H12N4O. The highest BCUT2D eigenvalue weighted by atomic mass is 16.2. The molecule has 0 fully saturated rings. The Labute approximate surface area is 93.0 Å². The number of unbranched alkanes of at least 4 members (excludes halogenated alkanes) is 1. The SMILES string of the molecule is N#Cc1ccn2c(CCCCO)nnc2c1. The minimum atomic E-state index is 0.204. The highest BCUT2D eigenvalue weighted by Crippen LogP contribution is 2.08. The van der Waals surface area contributed by atoms with Crippen molar-refractivity contribution in [2.75, 3.05) is 6.61 Å². The van der Waals surface area contributed by atoms with Gasteiger partial charge in [-0.2, -0.15) is 5.26 Å². The van der Waals surface area contributed by atoms with Crippen molar-refractivity contribution in [2.45, 2.75) is 19.3 Å². The Balaban J connectivity index is 2.25. The number of aromatic nitrogens is 3. The summed E-state index contributed by atoms with van der Waals surface area (Å²) in [6, 6.07) is 5.52. The van der Waals surface area contributed by atoms with Gasteiger partial charge < -0.3 is 5.11 Å². The van der Waals surface area contributed by atoms with Crippen molar-refractivity contribution in [1.29, 1.82) is 5.26 Å². The number of hydrogen-bond acceptors (Lipinski definition) is 4. The van der Waals surface area contributed by atoms with Crippen molar-refractivity contribution < 1.29 is 5.11 Å². The second-order valence-electron chi connectivity index (χ2n) is 3.55. The topological polar surface area (TPSA) is 74.2 Å². The van der Waals surface area contributed by atoms with Gasteiger partial charge in [-0.15, -0.1) is 10.2 Å². The summed E-state index contributed by atoms with van der Waals surface area (Å²) >= 11 is 0. The van der Waals surface area contributed by atoms with Gasteiger partial charge in [0.25, 0.3) is 0 Å². The van der Waals surface area contributed by atoms with Gasteiger partial charge in [-0.3, -0.25) is 4.40 Å². The molecule has 2 rings (SSSR count). The fraction of sp³-hybridized carbons (Fsp3) is 0.364. The van der Waals surface area contributed by atoms with Gasteiger partial charge in [0, 0.05) is 25.3 Å². The molecule has 0 aliphatic carbocycles. The molecule has 0 saturated heterocycles. The van der Waals surface area contributed by atoms with E-state index in [-0.39, 0.29) is 6.61 Å². The number of aliphatic hydroxyl groups excluding tert-OH is 1. The summed E-state index contributed by atoms with van der Waals surface area (Å²) in [5.41, 5.74) is 1.28. The lowest BCUT2D eigenvalue weighted by atomic mass is 10.2. The van der Waals surface area contributed by atoms with Crippen LogP contribution in [0.1, 0.15) is 24.2 Å². The summed E-state index contributed by atoms with van der Waals surface area (Å²) < 4.78 is 1.87. The Morgan fingerprint density at radius 3 is 3.00 bits per heavy atom. The molecule has 16 heavy (non-hydrogen) atoms. The Kier molecular flexibility index (Phi) is 3.13. The van der Waals surface area contributed by atoms with E-state index >= 15 is 0 Å². The molecule has 0 aliphatic heterocycles. The fourth-order valence-corrected chi connectivity index (χ4v) is 1.58. The Morgan fingerprint density at radius 2 is 2.25 bits per heavy atom. The van der Waals surface area contributed by atoms with E-state index in [1.807, 2.05) is 10.6 Å². The maximum absolute atomic E-state index is 8.74. The van der Waals surface area contributed by atoms with Crippen LogP contribution >= 0.6 is 0 Å². The number of aryl methyl sites for hydroxylation is 1. The molecule has 0 aliphatic rings. The van der Waals surface area contributed by atoms with E-state index in [4.69, 9.17) is 10.4 Å². The zero-order chi connectivity index (χ0) is 11.4. The van der Waals surface area contributed by atoms with Gasteiger partial charge >= 0.3 is 0 Å². The van der Waals surface area contributed by atoms with E-state index in [0.717, 1.165) is 25.1 Å². The number of nitrogens with zero attached hydrogens (tertiary/aromatic N) is 4. The lowest BCUT2D eigenvalue weighted by Gasteiger charge is -1.98. The maximum Gasteiger partial charge on any atom is 0.162 e. The molecule has 0 spiro atoms. The Hall–Kier alpha value is -1.93. The molecule has 0 saturated carbocycles. The van der Waals surface area contributed by atoms with Crippen LogP contribution in [-0.2, 0) is 6.42 Å². The van der Waals surface area contributed by atoms with Crippen LogP contribution in [0.4, 0.5) is 0 Å². The van der Waals surface area contributed by atoms with Crippen molar-refractivity contribution in [1.82, 2.24) is 14.6 Å². The normalized spacial score (nSPS) is 10.5. The summed E-state index contributed by atoms with van der Waals surface area (Å²) in [7, 11) is 0. The third-order valence-electron chi connectivity index (χ3n) is 2.42. The van der Waals surface area contributed by atoms with E-state index in [1.54, 1.807) is 12.1 Å². The van der Waals surface area contributed by atoms with Crippen LogP contribution in [-0.4, -0.2) is 26.3 Å². The highest BCUT2D eigenvalue weighted by molar-refractivity contribution is 5.45. The third kappa shape index (κ3) is 2.02. The lowest BCUT2D eigenvalue weighted by molar-refractivity contribution is 0.284. The van der Waals surface area contributed by atoms with Crippen molar-refractivity contribution >= 4 is 5.65 Å². The van der Waals surface area contributed by atoms with Gasteiger partial charge in [-0.25, -0.2) is 0 Å². The molecule has 0 aromatic carbocycles. The van der Waals surface area contributed by atoms with E-state index in [9.17, 15) is 0 Å². The molecule has 82 valence electrons. The quantitative estimate of drug-likeness (QED) is 0.771. The first-order valence-electron chi connectivity index (χ1n) is 5.20. The van der Waals surface area contributed by atoms with Crippen molar-refractivity contribution in [3.05, 3.63) is 29.7 Å². The summed E-state index contributed by atoms with van der Waals surface area (Å²) in [4.78, 5) is 0. The average molecular weight is 216 g/mol. The summed E-state index contributed by atoms with van der Waals surface area (Å²) in [6.45, 7) is 0.204. The van der Waals surface area contributed by atoms with Gasteiger partial charge in [0.2, 0.25) is 0 Å². The zero-order valence-electron chi connectivity index (χ0n) is 8.80. The van der Waals surface area contributed by atoms with Gasteiger partial charge in [-0.05, 0) is 18.9 Å². The van der Waals surface area contributed by atoms with Crippen LogP contribution in [0, 0.1) is 11.3 Å². The Bertz CT molecular complexity index is 526. The molecule has 1 N–H and O–H groups in total. The second-order valence-corrected chi connectivity index (χ2v) is 3.55. The first-order valence-corrected chi connectivity index (χ1v) is 5.20. The smallest absolute Gasteiger partial charge is 0.162 e. The van der Waals surface area contributed by atoms with Crippen LogP contribution in [0.15, 0.2) is 18.3 Å². The molecule has 0 unspecified atom stereocenters. The minimum Gasteiger partial charge on any atom is -0.396 e. The van der Waals surface area contributed by atoms with Gasteiger partial charge in [0.05, 0.1) is 11.6 Å². The van der Waals surface area contributed by atoms with Crippen LogP contribution in [0.2, 0.25) is 0 Å². The third-order valence-corrected chi connectivity index (χ3v) is 2.42. The van der Waals surface area contributed by atoms with Crippen LogP contribution < -0.4 is 0 Å². The lowest BCUT2D eigenvalue weighted by Crippen LogP contribution is -1.96. The van der Waals surface area contributed by atoms with Crippen molar-refractivity contribution in [3.63, 3.8) is 0 Å². The largest absolute Gasteiger partial charge is 0.396 e. The van der Waals surface area contributed by atoms with Crippen molar-refractivity contribution in [2.24, 2.45) is 0 Å². The van der Waals surface area contributed by atoms with E-state index in [0.29, 0.717) is 11.2 Å². The number of nitriles is 1. The van der Waals surface area contributed by atoms with Crippen LogP contribution in [0.5, 0.6) is 0 Å². The molecular weight excluding hydrogens is 204 g/mol. The molecule has 0 radical (unpaired) electrons. The van der Waals surface area contributed by atoms with Crippen LogP contribution in [0.3, 0.4) is 0 Å². The summed E-state index contributed by atoms with van der Waals surface area (Å²) in [5.74, 6) is 0.868. The second kappa shape index (κ2) is 4.73. The molecule has 5 nitrogen and oxygen atoms in total. The van der Waals surface area contributed by atoms with Gasteiger partial charge in [-0.1, -0.05) is 0 Å². The van der Waals surface area contributed by atoms with Crippen molar-refractivity contribution in [3.8, 4) is 6.07 Å². The van der Waals surface area contributed by atoms with Gasteiger partial charge in [0.15, 0.2) is 5.65 Å². The minimum absolute atomic E-state index is 0.204. The van der Waals surface area contributed by atoms with E-state index in [1.165, 1.54) is 0 Å². The highest BCUT2D eigenvalue weighted by Gasteiger charge is 2.05. The number of fused-ring (bicyclic) bond motifs is 1. The van der Waals surface area contributed by atoms with Gasteiger partial charge in [0.1, 0.15) is 5.82 Å². The number of hydrogen-bond donors (Lipinski definition) is 1. The fourth-order valence-electron chi connectivity index (χ4n) is 1.58. The first kappa shape index (κ1) is 10.6. The Morgan fingerprint density at radius 1 is 1.38 bits per heavy atom. The molecule has 0 bridgehead atoms. The maximum atomic E-state index is 8.74. The summed E-state index contributed by atoms with van der Waals surface area (Å²) in [6.07, 6.45) is 4.25. The first-order chi connectivity index (χ1) is 7.85. The molecule has 0 amide bonds. The molecule has 0 atom stereocenters.